The smallest absolute Gasteiger partial charge is 0.0654 e. The molecule has 2 N–H and O–H groups in total. The Bertz CT molecular complexity index is 452. The summed E-state index contributed by atoms with van der Waals surface area (Å²) in [5.41, 5.74) is 3.83. The third-order valence-corrected chi connectivity index (χ3v) is 4.21. The molecule has 0 bridgehead atoms. The van der Waals surface area contributed by atoms with Crippen LogP contribution >= 0.6 is 0 Å². The quantitative estimate of drug-likeness (QED) is 0.788. The highest BCUT2D eigenvalue weighted by molar-refractivity contribution is 5.27. The first-order valence-corrected chi connectivity index (χ1v) is 6.87. The summed E-state index contributed by atoms with van der Waals surface area (Å²) in [7, 11) is 0. The molecule has 3 rings (SSSR count). The van der Waals surface area contributed by atoms with Crippen molar-refractivity contribution in [1.82, 2.24) is 15.1 Å². The predicted molar refractivity (Wildman–Crippen MR) is 70.3 cm³/mol. The van der Waals surface area contributed by atoms with E-state index >= 15 is 0 Å². The topological polar surface area (TPSA) is 52.1 Å². The van der Waals surface area contributed by atoms with Crippen molar-refractivity contribution in [2.45, 2.75) is 32.2 Å². The van der Waals surface area contributed by atoms with Crippen LogP contribution in [0.4, 0.5) is 0 Å². The van der Waals surface area contributed by atoms with Gasteiger partial charge in [-0.25, -0.2) is 0 Å². The summed E-state index contributed by atoms with van der Waals surface area (Å²) >= 11 is 0. The lowest BCUT2D eigenvalue weighted by molar-refractivity contribution is 0.141. The van der Waals surface area contributed by atoms with Crippen LogP contribution in [-0.4, -0.2) is 45.9 Å². The molecule has 0 saturated heterocycles. The molecule has 0 radical (unpaired) electrons. The highest BCUT2D eigenvalue weighted by Crippen LogP contribution is 2.32. The van der Waals surface area contributed by atoms with Gasteiger partial charge in [0.2, 0.25) is 0 Å². The van der Waals surface area contributed by atoms with E-state index in [2.05, 4.69) is 28.1 Å². The second-order valence-electron chi connectivity index (χ2n) is 5.47. The van der Waals surface area contributed by atoms with Gasteiger partial charge in [0.15, 0.2) is 0 Å². The van der Waals surface area contributed by atoms with Crippen LogP contribution in [0.5, 0.6) is 0 Å². The van der Waals surface area contributed by atoms with Gasteiger partial charge in [-0.1, -0.05) is 13.0 Å². The van der Waals surface area contributed by atoms with Crippen molar-refractivity contribution in [2.24, 2.45) is 5.92 Å². The highest BCUT2D eigenvalue weighted by atomic mass is 16.3. The minimum absolute atomic E-state index is 0.194. The minimum Gasteiger partial charge on any atom is -0.392 e. The molecule has 18 heavy (non-hydrogen) atoms. The molecule has 4 nitrogen and oxygen atoms in total. The molecular formula is C14H21N3O. The van der Waals surface area contributed by atoms with Crippen molar-refractivity contribution >= 4 is 0 Å². The van der Waals surface area contributed by atoms with Crippen molar-refractivity contribution in [3.05, 3.63) is 29.1 Å². The molecule has 1 aliphatic heterocycles. The van der Waals surface area contributed by atoms with Gasteiger partial charge in [-0.3, -0.25) is 10.00 Å². The number of rotatable bonds is 3. The maximum atomic E-state index is 9.41. The SMILES string of the molecule is CCCN1CC(CO)=CC2Cc3[nH]ncc3CC21. The Kier molecular flexibility index (Phi) is 3.22. The van der Waals surface area contributed by atoms with Gasteiger partial charge >= 0.3 is 0 Å². The summed E-state index contributed by atoms with van der Waals surface area (Å²) in [4.78, 5) is 2.53. The summed E-state index contributed by atoms with van der Waals surface area (Å²) < 4.78 is 0. The lowest BCUT2D eigenvalue weighted by Gasteiger charge is -2.42. The van der Waals surface area contributed by atoms with Crippen LogP contribution in [0.25, 0.3) is 0 Å². The highest BCUT2D eigenvalue weighted by Gasteiger charge is 2.35. The van der Waals surface area contributed by atoms with E-state index in [1.165, 1.54) is 23.3 Å². The Morgan fingerprint density at radius 1 is 1.50 bits per heavy atom. The lowest BCUT2D eigenvalue weighted by atomic mass is 9.79. The minimum atomic E-state index is 0.194. The Labute approximate surface area is 108 Å². The number of nitrogens with one attached hydrogen (secondary N) is 1. The molecule has 98 valence electrons. The average molecular weight is 247 g/mol. The number of hydrogen-bond donors (Lipinski definition) is 2. The Morgan fingerprint density at radius 2 is 2.39 bits per heavy atom. The largest absolute Gasteiger partial charge is 0.392 e. The molecule has 1 aliphatic carbocycles. The zero-order chi connectivity index (χ0) is 12.5. The van der Waals surface area contributed by atoms with Gasteiger partial charge in [0.25, 0.3) is 0 Å². The first-order valence-electron chi connectivity index (χ1n) is 6.87. The normalized spacial score (nSPS) is 27.6. The van der Waals surface area contributed by atoms with Crippen molar-refractivity contribution < 1.29 is 5.11 Å². The standard InChI is InChI=1S/C14H21N3O/c1-2-3-17-8-10(9-18)4-11-5-13-12(6-14(11)17)7-15-16-13/h4,7,11,14,18H,2-3,5-6,8-9H2,1H3,(H,15,16). The molecule has 2 atom stereocenters. The molecule has 1 aromatic heterocycles. The van der Waals surface area contributed by atoms with E-state index in [1.807, 2.05) is 6.20 Å². The van der Waals surface area contributed by atoms with E-state index in [1.54, 1.807) is 0 Å². The molecule has 1 aromatic rings. The number of H-pyrrole nitrogens is 1. The van der Waals surface area contributed by atoms with E-state index < -0.39 is 0 Å². The van der Waals surface area contributed by atoms with E-state index in [4.69, 9.17) is 0 Å². The first-order chi connectivity index (χ1) is 8.81. The Balaban J connectivity index is 1.88. The summed E-state index contributed by atoms with van der Waals surface area (Å²) in [5, 5.41) is 16.7. The maximum Gasteiger partial charge on any atom is 0.0654 e. The Hall–Kier alpha value is -1.13. The fourth-order valence-electron chi connectivity index (χ4n) is 3.38. The molecule has 2 unspecified atom stereocenters. The van der Waals surface area contributed by atoms with Crippen molar-refractivity contribution in [2.75, 3.05) is 19.7 Å². The molecule has 0 aromatic carbocycles. The van der Waals surface area contributed by atoms with Crippen LogP contribution in [0.15, 0.2) is 17.8 Å². The van der Waals surface area contributed by atoms with Crippen molar-refractivity contribution in [1.29, 1.82) is 0 Å². The molecule has 0 amide bonds. The zero-order valence-corrected chi connectivity index (χ0v) is 10.9. The van der Waals surface area contributed by atoms with Crippen LogP contribution in [0.2, 0.25) is 0 Å². The van der Waals surface area contributed by atoms with E-state index in [0.29, 0.717) is 12.0 Å². The van der Waals surface area contributed by atoms with E-state index in [-0.39, 0.29) is 6.61 Å². The third-order valence-electron chi connectivity index (χ3n) is 4.21. The second-order valence-corrected chi connectivity index (χ2v) is 5.47. The van der Waals surface area contributed by atoms with Crippen LogP contribution in [-0.2, 0) is 12.8 Å². The van der Waals surface area contributed by atoms with Gasteiger partial charge in [-0.15, -0.1) is 0 Å². The van der Waals surface area contributed by atoms with E-state index in [0.717, 1.165) is 25.9 Å². The second kappa shape index (κ2) is 4.86. The number of fused-ring (bicyclic) bond motifs is 2. The number of aromatic nitrogens is 2. The average Bonchev–Trinajstić information content (AvgIpc) is 2.83. The monoisotopic (exact) mass is 247 g/mol. The van der Waals surface area contributed by atoms with E-state index in [9.17, 15) is 5.11 Å². The van der Waals surface area contributed by atoms with Gasteiger partial charge in [0.1, 0.15) is 0 Å². The number of aliphatic hydroxyl groups excluding tert-OH is 1. The summed E-state index contributed by atoms with van der Waals surface area (Å²) in [6, 6.07) is 0.588. The molecule has 2 heterocycles. The van der Waals surface area contributed by atoms with Gasteiger partial charge < -0.3 is 5.11 Å². The molecule has 0 spiro atoms. The fourth-order valence-corrected chi connectivity index (χ4v) is 3.38. The number of aliphatic hydroxyl groups is 1. The number of hydrogen-bond acceptors (Lipinski definition) is 3. The predicted octanol–water partition coefficient (Wildman–Crippen LogP) is 1.14. The molecule has 0 fully saturated rings. The van der Waals surface area contributed by atoms with Crippen LogP contribution in [0.3, 0.4) is 0 Å². The Morgan fingerprint density at radius 3 is 3.17 bits per heavy atom. The fraction of sp³-hybridized carbons (Fsp3) is 0.643. The number of nitrogens with zero attached hydrogens (tertiary/aromatic N) is 2. The first kappa shape index (κ1) is 11.9. The van der Waals surface area contributed by atoms with Crippen LogP contribution in [0, 0.1) is 5.92 Å². The summed E-state index contributed by atoms with van der Waals surface area (Å²) in [6.07, 6.45) is 7.55. The molecule has 4 heteroatoms. The van der Waals surface area contributed by atoms with Gasteiger partial charge in [0.05, 0.1) is 12.8 Å². The van der Waals surface area contributed by atoms with Gasteiger partial charge in [-0.2, -0.15) is 5.10 Å². The van der Waals surface area contributed by atoms with Crippen LogP contribution in [0.1, 0.15) is 24.6 Å². The van der Waals surface area contributed by atoms with Crippen molar-refractivity contribution in [3.63, 3.8) is 0 Å². The zero-order valence-electron chi connectivity index (χ0n) is 10.9. The van der Waals surface area contributed by atoms with Gasteiger partial charge in [0, 0.05) is 18.3 Å². The molecular weight excluding hydrogens is 226 g/mol. The summed E-state index contributed by atoms with van der Waals surface area (Å²) in [6.45, 7) is 4.46. The maximum absolute atomic E-state index is 9.41. The number of aromatic amines is 1. The summed E-state index contributed by atoms with van der Waals surface area (Å²) in [5.74, 6) is 0.528. The van der Waals surface area contributed by atoms with Gasteiger partial charge in [-0.05, 0) is 42.9 Å². The molecule has 0 saturated carbocycles. The molecule has 2 aliphatic rings. The van der Waals surface area contributed by atoms with Crippen molar-refractivity contribution in [3.8, 4) is 0 Å². The van der Waals surface area contributed by atoms with Crippen LogP contribution < -0.4 is 0 Å². The lowest BCUT2D eigenvalue weighted by Crippen LogP contribution is -2.49. The third kappa shape index (κ3) is 1.99.